The van der Waals surface area contributed by atoms with Crippen LogP contribution in [0, 0.1) is 0 Å². The minimum absolute atomic E-state index is 0.0800. The fraction of sp³-hybridized carbons (Fsp3) is 0. The molecule has 2 aromatic carbocycles. The summed E-state index contributed by atoms with van der Waals surface area (Å²) in [7, 11) is 0. The summed E-state index contributed by atoms with van der Waals surface area (Å²) in [6.45, 7) is 0. The largest absolute Gasteiger partial charge is 0.298 e. The maximum atomic E-state index is 12.9. The predicted octanol–water partition coefficient (Wildman–Crippen LogP) is 5.13. The number of hydrogen-bond donors (Lipinski definition) is 1. The molecule has 0 unspecified atom stereocenters. The van der Waals surface area contributed by atoms with Gasteiger partial charge in [0.25, 0.3) is 11.8 Å². The normalized spacial score (nSPS) is 16.2. The number of benzene rings is 2. The minimum Gasteiger partial charge on any atom is -0.298 e. The SMILES string of the molecule is O=C1NC(=S)N(c2ccc(Cl)cc2Cl)C(=O)/C1=C/c1ccc(Cl)cc1Cl. The summed E-state index contributed by atoms with van der Waals surface area (Å²) in [6, 6.07) is 9.30. The van der Waals surface area contributed by atoms with Crippen molar-refractivity contribution in [3.8, 4) is 0 Å². The highest BCUT2D eigenvalue weighted by atomic mass is 35.5. The van der Waals surface area contributed by atoms with Crippen molar-refractivity contribution in [2.75, 3.05) is 4.90 Å². The topological polar surface area (TPSA) is 49.4 Å². The fourth-order valence-electron chi connectivity index (χ4n) is 2.31. The molecule has 3 rings (SSSR count). The van der Waals surface area contributed by atoms with Gasteiger partial charge >= 0.3 is 0 Å². The van der Waals surface area contributed by atoms with Crippen LogP contribution in [-0.4, -0.2) is 16.9 Å². The number of nitrogens with one attached hydrogen (secondary N) is 1. The van der Waals surface area contributed by atoms with Crippen molar-refractivity contribution in [3.63, 3.8) is 0 Å². The van der Waals surface area contributed by atoms with Crippen LogP contribution in [0.5, 0.6) is 0 Å². The first kappa shape index (κ1) is 19.1. The van der Waals surface area contributed by atoms with Crippen molar-refractivity contribution in [2.45, 2.75) is 0 Å². The Labute approximate surface area is 174 Å². The molecule has 0 aromatic heterocycles. The zero-order chi connectivity index (χ0) is 19.0. The van der Waals surface area contributed by atoms with E-state index in [1.54, 1.807) is 24.3 Å². The van der Waals surface area contributed by atoms with Crippen LogP contribution in [0.25, 0.3) is 6.08 Å². The molecule has 2 amide bonds. The van der Waals surface area contributed by atoms with Crippen LogP contribution in [0.3, 0.4) is 0 Å². The molecule has 1 aliphatic heterocycles. The number of nitrogens with zero attached hydrogens (tertiary/aromatic N) is 1. The standard InChI is InChI=1S/C17H8Cl4N2O2S/c18-9-2-1-8(12(20)6-9)5-11-15(24)22-17(26)23(16(11)25)14-4-3-10(19)7-13(14)21/h1-7H,(H,22,24,26)/b11-5+. The van der Waals surface area contributed by atoms with Gasteiger partial charge in [-0.05, 0) is 54.2 Å². The molecule has 0 saturated carbocycles. The van der Waals surface area contributed by atoms with Crippen molar-refractivity contribution >= 4 is 87.3 Å². The minimum atomic E-state index is -0.632. The van der Waals surface area contributed by atoms with E-state index in [-0.39, 0.29) is 15.7 Å². The Kier molecular flexibility index (Phi) is 5.55. The van der Waals surface area contributed by atoms with Gasteiger partial charge in [0, 0.05) is 15.1 Å². The number of amides is 2. The van der Waals surface area contributed by atoms with Crippen molar-refractivity contribution in [3.05, 3.63) is 67.6 Å². The molecule has 0 atom stereocenters. The van der Waals surface area contributed by atoms with Crippen molar-refractivity contribution < 1.29 is 9.59 Å². The number of thiocarbonyl (C=S) groups is 1. The molecular formula is C17H8Cl4N2O2S. The molecule has 0 radical (unpaired) electrons. The predicted molar refractivity (Wildman–Crippen MR) is 109 cm³/mol. The number of anilines is 1. The van der Waals surface area contributed by atoms with Gasteiger partial charge in [-0.25, -0.2) is 0 Å². The number of rotatable bonds is 2. The van der Waals surface area contributed by atoms with Gasteiger partial charge in [0.1, 0.15) is 5.57 Å². The molecule has 1 heterocycles. The zero-order valence-electron chi connectivity index (χ0n) is 12.7. The summed E-state index contributed by atoms with van der Waals surface area (Å²) in [4.78, 5) is 26.3. The van der Waals surface area contributed by atoms with Gasteiger partial charge in [-0.15, -0.1) is 0 Å². The third-order valence-electron chi connectivity index (χ3n) is 3.51. The molecule has 2 aromatic rings. The Morgan fingerprint density at radius 2 is 1.54 bits per heavy atom. The van der Waals surface area contributed by atoms with E-state index in [1.165, 1.54) is 18.2 Å². The van der Waals surface area contributed by atoms with E-state index in [2.05, 4.69) is 5.32 Å². The smallest absolute Gasteiger partial charge is 0.270 e. The van der Waals surface area contributed by atoms with Crippen molar-refractivity contribution in [2.24, 2.45) is 0 Å². The molecule has 0 bridgehead atoms. The molecule has 1 N–H and O–H groups in total. The maximum Gasteiger partial charge on any atom is 0.270 e. The molecule has 132 valence electrons. The lowest BCUT2D eigenvalue weighted by atomic mass is 10.1. The van der Waals surface area contributed by atoms with Gasteiger partial charge in [0.05, 0.1) is 10.7 Å². The molecule has 1 aliphatic rings. The van der Waals surface area contributed by atoms with Gasteiger partial charge in [-0.2, -0.15) is 0 Å². The molecule has 0 aliphatic carbocycles. The van der Waals surface area contributed by atoms with E-state index in [4.69, 9.17) is 58.6 Å². The van der Waals surface area contributed by atoms with Crippen LogP contribution in [0.15, 0.2) is 42.0 Å². The average Bonchev–Trinajstić information content (AvgIpc) is 2.55. The lowest BCUT2D eigenvalue weighted by Crippen LogP contribution is -2.54. The first-order valence-corrected chi connectivity index (χ1v) is 9.01. The highest BCUT2D eigenvalue weighted by Crippen LogP contribution is 2.32. The van der Waals surface area contributed by atoms with E-state index in [9.17, 15) is 9.59 Å². The molecule has 9 heteroatoms. The van der Waals surface area contributed by atoms with Crippen LogP contribution in [0.1, 0.15) is 5.56 Å². The molecule has 26 heavy (non-hydrogen) atoms. The van der Waals surface area contributed by atoms with Crippen LogP contribution in [-0.2, 0) is 9.59 Å². The Balaban J connectivity index is 2.07. The molecule has 0 spiro atoms. The third-order valence-corrected chi connectivity index (χ3v) is 4.90. The Morgan fingerprint density at radius 3 is 2.15 bits per heavy atom. The first-order valence-electron chi connectivity index (χ1n) is 7.09. The van der Waals surface area contributed by atoms with Gasteiger partial charge in [-0.1, -0.05) is 52.5 Å². The summed E-state index contributed by atoms with van der Waals surface area (Å²) in [5, 5.41) is 3.75. The highest BCUT2D eigenvalue weighted by molar-refractivity contribution is 7.80. The van der Waals surface area contributed by atoms with Crippen LogP contribution in [0.4, 0.5) is 5.69 Å². The summed E-state index contributed by atoms with van der Waals surface area (Å²) >= 11 is 29.2. The monoisotopic (exact) mass is 444 g/mol. The van der Waals surface area contributed by atoms with Gasteiger partial charge in [0.2, 0.25) is 0 Å². The van der Waals surface area contributed by atoms with Crippen molar-refractivity contribution in [1.82, 2.24) is 5.32 Å². The summed E-state index contributed by atoms with van der Waals surface area (Å²) in [5.74, 6) is -1.26. The molecule has 1 fully saturated rings. The summed E-state index contributed by atoms with van der Waals surface area (Å²) < 4.78 is 0. The zero-order valence-corrected chi connectivity index (χ0v) is 16.6. The van der Waals surface area contributed by atoms with Crippen LogP contribution in [0.2, 0.25) is 20.1 Å². The molecule has 1 saturated heterocycles. The first-order chi connectivity index (χ1) is 12.3. The van der Waals surface area contributed by atoms with Gasteiger partial charge in [-0.3, -0.25) is 19.8 Å². The highest BCUT2D eigenvalue weighted by Gasteiger charge is 2.35. The lowest BCUT2D eigenvalue weighted by Gasteiger charge is -2.29. The number of halogens is 4. The second kappa shape index (κ2) is 7.55. The molecule has 4 nitrogen and oxygen atoms in total. The fourth-order valence-corrected chi connectivity index (χ4v) is 3.54. The Hall–Kier alpha value is -1.63. The quantitative estimate of drug-likeness (QED) is 0.396. The summed E-state index contributed by atoms with van der Waals surface area (Å²) in [5.41, 5.74) is 0.623. The van der Waals surface area contributed by atoms with E-state index in [0.717, 1.165) is 4.90 Å². The second-order valence-electron chi connectivity index (χ2n) is 5.22. The van der Waals surface area contributed by atoms with E-state index < -0.39 is 11.8 Å². The van der Waals surface area contributed by atoms with Gasteiger partial charge in [0.15, 0.2) is 5.11 Å². The summed E-state index contributed by atoms with van der Waals surface area (Å²) in [6.07, 6.45) is 1.37. The third kappa shape index (κ3) is 3.72. The van der Waals surface area contributed by atoms with E-state index in [1.807, 2.05) is 0 Å². The van der Waals surface area contributed by atoms with Crippen LogP contribution >= 0.6 is 58.6 Å². The number of carbonyl (C=O) groups is 2. The van der Waals surface area contributed by atoms with E-state index >= 15 is 0 Å². The van der Waals surface area contributed by atoms with Gasteiger partial charge < -0.3 is 0 Å². The average molecular weight is 446 g/mol. The Bertz CT molecular complexity index is 991. The lowest BCUT2D eigenvalue weighted by molar-refractivity contribution is -0.122. The second-order valence-corrected chi connectivity index (χ2v) is 7.29. The van der Waals surface area contributed by atoms with Crippen molar-refractivity contribution in [1.29, 1.82) is 0 Å². The van der Waals surface area contributed by atoms with E-state index in [0.29, 0.717) is 26.3 Å². The number of carbonyl (C=O) groups excluding carboxylic acids is 2. The molecular weight excluding hydrogens is 438 g/mol. The number of hydrogen-bond acceptors (Lipinski definition) is 3. The van der Waals surface area contributed by atoms with Crippen LogP contribution < -0.4 is 10.2 Å². The maximum absolute atomic E-state index is 12.9. The Morgan fingerprint density at radius 1 is 0.923 bits per heavy atom.